The third-order valence-corrected chi connectivity index (χ3v) is 4.52. The molecule has 4 aromatic rings. The zero-order valence-corrected chi connectivity index (χ0v) is 13.9. The van der Waals surface area contributed by atoms with Gasteiger partial charge in [0.05, 0.1) is 21.0 Å². The molecule has 0 atom stereocenters. The summed E-state index contributed by atoms with van der Waals surface area (Å²) in [5.41, 5.74) is 3.22. The van der Waals surface area contributed by atoms with Crippen molar-refractivity contribution in [1.29, 1.82) is 0 Å². The molecule has 0 saturated heterocycles. The molecule has 0 aliphatic carbocycles. The van der Waals surface area contributed by atoms with Crippen molar-refractivity contribution < 1.29 is 4.92 Å². The van der Waals surface area contributed by atoms with Gasteiger partial charge in [0.2, 0.25) is 0 Å². The second-order valence-electron chi connectivity index (χ2n) is 5.69. The van der Waals surface area contributed by atoms with Gasteiger partial charge in [0.1, 0.15) is 0 Å². The summed E-state index contributed by atoms with van der Waals surface area (Å²) < 4.78 is 2.05. The van der Waals surface area contributed by atoms with E-state index in [1.165, 1.54) is 6.07 Å². The number of rotatable bonds is 3. The molecule has 1 aromatic heterocycles. The van der Waals surface area contributed by atoms with Crippen molar-refractivity contribution in [2.24, 2.45) is 0 Å². The molecule has 5 heteroatoms. The summed E-state index contributed by atoms with van der Waals surface area (Å²) in [4.78, 5) is 10.9. The van der Waals surface area contributed by atoms with Crippen molar-refractivity contribution in [3.8, 4) is 16.8 Å². The van der Waals surface area contributed by atoms with E-state index in [0.717, 1.165) is 16.6 Å². The average molecular weight is 349 g/mol. The second kappa shape index (κ2) is 6.07. The molecule has 0 unspecified atom stereocenters. The number of fused-ring (bicyclic) bond motifs is 1. The summed E-state index contributed by atoms with van der Waals surface area (Å²) in [6, 6.07) is 22.3. The predicted octanol–water partition coefficient (Wildman–Crippen LogP) is 5.86. The Morgan fingerprint density at radius 2 is 1.60 bits per heavy atom. The van der Waals surface area contributed by atoms with Gasteiger partial charge in [0.15, 0.2) is 0 Å². The topological polar surface area (TPSA) is 48.1 Å². The summed E-state index contributed by atoms with van der Waals surface area (Å²) >= 11 is 6.49. The maximum Gasteiger partial charge on any atom is 0.277 e. The van der Waals surface area contributed by atoms with Crippen molar-refractivity contribution in [2.75, 3.05) is 0 Å². The molecule has 0 amide bonds. The summed E-state index contributed by atoms with van der Waals surface area (Å²) in [6.07, 6.45) is 1.97. The molecule has 0 aliphatic heterocycles. The van der Waals surface area contributed by atoms with Gasteiger partial charge in [-0.05, 0) is 36.4 Å². The Morgan fingerprint density at radius 3 is 2.36 bits per heavy atom. The Bertz CT molecular complexity index is 1090. The monoisotopic (exact) mass is 348 g/mol. The number of hydrogen-bond donors (Lipinski definition) is 0. The number of hydrogen-bond acceptors (Lipinski definition) is 2. The van der Waals surface area contributed by atoms with Gasteiger partial charge in [-0.15, -0.1) is 0 Å². The van der Waals surface area contributed by atoms with E-state index in [-0.39, 0.29) is 10.6 Å². The number of aromatic nitrogens is 1. The molecule has 122 valence electrons. The van der Waals surface area contributed by atoms with Crippen LogP contribution < -0.4 is 0 Å². The fourth-order valence-electron chi connectivity index (χ4n) is 3.04. The molecule has 0 saturated carbocycles. The first-order valence-electron chi connectivity index (χ1n) is 7.75. The standard InChI is InChI=1S/C20H13ClN2O2/c21-18-13-20-14(10-11-22(20)15-6-2-1-3-7-15)12-17(18)16-8-4-5-9-19(16)23(24)25/h1-13H. The van der Waals surface area contributed by atoms with Gasteiger partial charge in [0.25, 0.3) is 5.69 Å². The van der Waals surface area contributed by atoms with E-state index in [9.17, 15) is 10.1 Å². The third-order valence-electron chi connectivity index (χ3n) is 4.20. The molecule has 0 aliphatic rings. The van der Waals surface area contributed by atoms with E-state index >= 15 is 0 Å². The average Bonchev–Trinajstić information content (AvgIpc) is 3.04. The predicted molar refractivity (Wildman–Crippen MR) is 100 cm³/mol. The zero-order chi connectivity index (χ0) is 17.4. The van der Waals surface area contributed by atoms with Crippen LogP contribution in [0.1, 0.15) is 0 Å². The number of para-hydroxylation sites is 2. The molecular weight excluding hydrogens is 336 g/mol. The molecule has 0 N–H and O–H groups in total. The molecule has 3 aromatic carbocycles. The highest BCUT2D eigenvalue weighted by Gasteiger charge is 2.18. The van der Waals surface area contributed by atoms with E-state index in [1.54, 1.807) is 18.2 Å². The maximum absolute atomic E-state index is 11.3. The Labute approximate surface area is 149 Å². The van der Waals surface area contributed by atoms with Gasteiger partial charge in [-0.25, -0.2) is 0 Å². The van der Waals surface area contributed by atoms with E-state index in [4.69, 9.17) is 11.6 Å². The lowest BCUT2D eigenvalue weighted by atomic mass is 10.0. The van der Waals surface area contributed by atoms with Crippen LogP contribution in [0.3, 0.4) is 0 Å². The van der Waals surface area contributed by atoms with Crippen LogP contribution >= 0.6 is 11.6 Å². The fraction of sp³-hybridized carbons (Fsp3) is 0. The zero-order valence-electron chi connectivity index (χ0n) is 13.1. The molecule has 25 heavy (non-hydrogen) atoms. The molecule has 4 rings (SSSR count). The lowest BCUT2D eigenvalue weighted by Gasteiger charge is -2.09. The summed E-state index contributed by atoms with van der Waals surface area (Å²) in [5.74, 6) is 0. The molecule has 0 spiro atoms. The second-order valence-corrected chi connectivity index (χ2v) is 6.09. The molecule has 1 heterocycles. The highest BCUT2D eigenvalue weighted by Crippen LogP contribution is 2.37. The third kappa shape index (κ3) is 2.66. The fourth-order valence-corrected chi connectivity index (χ4v) is 3.30. The van der Waals surface area contributed by atoms with Crippen molar-refractivity contribution in [3.63, 3.8) is 0 Å². The van der Waals surface area contributed by atoms with Crippen molar-refractivity contribution >= 4 is 28.2 Å². The lowest BCUT2D eigenvalue weighted by molar-refractivity contribution is -0.384. The van der Waals surface area contributed by atoms with E-state index in [0.29, 0.717) is 16.1 Å². The van der Waals surface area contributed by atoms with Gasteiger partial charge >= 0.3 is 0 Å². The molecule has 0 radical (unpaired) electrons. The van der Waals surface area contributed by atoms with Crippen LogP contribution in [0.2, 0.25) is 5.02 Å². The van der Waals surface area contributed by atoms with Gasteiger partial charge in [-0.1, -0.05) is 41.9 Å². The molecule has 0 bridgehead atoms. The Kier molecular flexibility index (Phi) is 3.75. The van der Waals surface area contributed by atoms with Crippen LogP contribution in [-0.4, -0.2) is 9.49 Å². The minimum absolute atomic E-state index is 0.0474. The highest BCUT2D eigenvalue weighted by molar-refractivity contribution is 6.34. The number of nitrogens with zero attached hydrogens (tertiary/aromatic N) is 2. The first-order valence-corrected chi connectivity index (χ1v) is 8.13. The number of nitro groups is 1. The van der Waals surface area contributed by atoms with Crippen molar-refractivity contribution in [1.82, 2.24) is 4.57 Å². The van der Waals surface area contributed by atoms with Gasteiger partial charge < -0.3 is 4.57 Å². The molecule has 4 nitrogen and oxygen atoms in total. The van der Waals surface area contributed by atoms with Crippen LogP contribution in [0.4, 0.5) is 5.69 Å². The largest absolute Gasteiger partial charge is 0.317 e. The van der Waals surface area contributed by atoms with E-state index < -0.39 is 0 Å². The summed E-state index contributed by atoms with van der Waals surface area (Å²) in [5, 5.41) is 12.8. The molecular formula is C20H13ClN2O2. The normalized spacial score (nSPS) is 10.9. The minimum atomic E-state index is -0.384. The van der Waals surface area contributed by atoms with Crippen LogP contribution in [0, 0.1) is 10.1 Å². The minimum Gasteiger partial charge on any atom is -0.317 e. The van der Waals surface area contributed by atoms with Crippen molar-refractivity contribution in [2.45, 2.75) is 0 Å². The Balaban J connectivity index is 1.92. The van der Waals surface area contributed by atoms with Crippen LogP contribution in [0.15, 0.2) is 79.0 Å². The number of benzene rings is 3. The Morgan fingerprint density at radius 1 is 0.880 bits per heavy atom. The highest BCUT2D eigenvalue weighted by atomic mass is 35.5. The Hall–Kier alpha value is -3.11. The van der Waals surface area contributed by atoms with Crippen molar-refractivity contribution in [3.05, 3.63) is 94.1 Å². The molecule has 0 fully saturated rings. The smallest absolute Gasteiger partial charge is 0.277 e. The van der Waals surface area contributed by atoms with Crippen LogP contribution in [0.25, 0.3) is 27.7 Å². The van der Waals surface area contributed by atoms with E-state index in [2.05, 4.69) is 0 Å². The number of nitro benzene ring substituents is 1. The van der Waals surface area contributed by atoms with Crippen LogP contribution in [0.5, 0.6) is 0 Å². The maximum atomic E-state index is 11.3. The van der Waals surface area contributed by atoms with Gasteiger partial charge in [-0.3, -0.25) is 10.1 Å². The van der Waals surface area contributed by atoms with E-state index in [1.807, 2.05) is 59.3 Å². The SMILES string of the molecule is O=[N+]([O-])c1ccccc1-c1cc2ccn(-c3ccccc3)c2cc1Cl. The van der Waals surface area contributed by atoms with Gasteiger partial charge in [-0.2, -0.15) is 0 Å². The lowest BCUT2D eigenvalue weighted by Crippen LogP contribution is -1.93. The first-order chi connectivity index (χ1) is 12.1. The van der Waals surface area contributed by atoms with Gasteiger partial charge in [0, 0.05) is 28.9 Å². The summed E-state index contributed by atoms with van der Waals surface area (Å²) in [7, 11) is 0. The first kappa shape index (κ1) is 15.4. The quantitative estimate of drug-likeness (QED) is 0.344. The summed E-state index contributed by atoms with van der Waals surface area (Å²) in [6.45, 7) is 0. The van der Waals surface area contributed by atoms with Crippen LogP contribution in [-0.2, 0) is 0 Å². The number of halogens is 1.